The molecule has 0 aliphatic carbocycles. The Labute approximate surface area is 184 Å². The molecule has 1 aliphatic rings. The number of halogens is 5. The summed E-state index contributed by atoms with van der Waals surface area (Å²) in [6, 6.07) is 5.92. The van der Waals surface area contributed by atoms with E-state index in [1.54, 1.807) is 0 Å². The molecule has 0 spiro atoms. The zero-order valence-corrected chi connectivity index (χ0v) is 17.5. The summed E-state index contributed by atoms with van der Waals surface area (Å²) in [4.78, 5) is 22.7. The second kappa shape index (κ2) is 8.58. The number of hydrogen-bond acceptors (Lipinski definition) is 6. The Morgan fingerprint density at radius 2 is 1.76 bits per heavy atom. The first-order chi connectivity index (χ1) is 15.3. The van der Waals surface area contributed by atoms with Gasteiger partial charge in [0.15, 0.2) is 17.2 Å². The number of non-ortho nitro benzene ring substituents is 1. The molecule has 0 bridgehead atoms. The van der Waals surface area contributed by atoms with Crippen LogP contribution in [0.4, 0.5) is 27.6 Å². The molecular formula is C21H18F5NO6. The second-order valence-electron chi connectivity index (χ2n) is 7.60. The Kier molecular flexibility index (Phi) is 6.33. The molecule has 2 aromatic rings. The van der Waals surface area contributed by atoms with Crippen molar-refractivity contribution in [3.63, 3.8) is 0 Å². The minimum Gasteiger partial charge on any atom is -0.493 e. The third-order valence-electron chi connectivity index (χ3n) is 5.81. The van der Waals surface area contributed by atoms with Crippen LogP contribution in [0.1, 0.15) is 35.7 Å². The Hall–Kier alpha value is -3.28. The molecule has 2 aromatic carbocycles. The van der Waals surface area contributed by atoms with Gasteiger partial charge in [0.25, 0.3) is 5.69 Å². The summed E-state index contributed by atoms with van der Waals surface area (Å²) in [5.41, 5.74) is -3.48. The maximum Gasteiger partial charge on any atom is 0.417 e. The molecule has 0 N–H and O–H groups in total. The van der Waals surface area contributed by atoms with Gasteiger partial charge >= 0.3 is 12.1 Å². The van der Waals surface area contributed by atoms with Crippen LogP contribution in [-0.2, 0) is 9.47 Å². The van der Waals surface area contributed by atoms with Gasteiger partial charge in [0.05, 0.1) is 23.5 Å². The molecule has 0 radical (unpaired) electrons. The first kappa shape index (κ1) is 24.4. The lowest BCUT2D eigenvalue weighted by Gasteiger charge is -2.31. The number of nitrogens with zero attached hydrogens (tertiary/aromatic N) is 1. The number of carbonyl (C=O) groups is 1. The van der Waals surface area contributed by atoms with Crippen molar-refractivity contribution in [3.05, 3.63) is 69.3 Å². The van der Waals surface area contributed by atoms with Crippen LogP contribution in [0.3, 0.4) is 0 Å². The van der Waals surface area contributed by atoms with Gasteiger partial charge in [-0.15, -0.1) is 0 Å². The van der Waals surface area contributed by atoms with Crippen LogP contribution in [0.2, 0.25) is 0 Å². The zero-order chi connectivity index (χ0) is 24.7. The van der Waals surface area contributed by atoms with E-state index in [2.05, 4.69) is 0 Å². The van der Waals surface area contributed by atoms with Gasteiger partial charge in [0, 0.05) is 23.6 Å². The van der Waals surface area contributed by atoms with Crippen molar-refractivity contribution in [2.75, 3.05) is 7.11 Å². The highest BCUT2D eigenvalue weighted by atomic mass is 19.4. The van der Waals surface area contributed by atoms with Crippen molar-refractivity contribution in [2.45, 2.75) is 37.8 Å². The van der Waals surface area contributed by atoms with E-state index in [9.17, 15) is 36.9 Å². The lowest BCUT2D eigenvalue weighted by Crippen LogP contribution is -2.47. The number of hydrogen-bond donors (Lipinski definition) is 0. The number of nitro groups is 1. The van der Waals surface area contributed by atoms with Gasteiger partial charge < -0.3 is 14.2 Å². The highest BCUT2D eigenvalue weighted by Gasteiger charge is 2.65. The largest absolute Gasteiger partial charge is 0.493 e. The molecule has 0 saturated carbocycles. The lowest BCUT2D eigenvalue weighted by atomic mass is 9.79. The number of benzene rings is 2. The fourth-order valence-electron chi connectivity index (χ4n) is 3.75. The Morgan fingerprint density at radius 3 is 2.27 bits per heavy atom. The summed E-state index contributed by atoms with van der Waals surface area (Å²) < 4.78 is 84.8. The van der Waals surface area contributed by atoms with E-state index in [0.29, 0.717) is 0 Å². The van der Waals surface area contributed by atoms with Gasteiger partial charge in [-0.1, -0.05) is 13.0 Å². The summed E-state index contributed by atoms with van der Waals surface area (Å²) in [6.45, 7) is 1.94. The number of esters is 1. The van der Waals surface area contributed by atoms with E-state index in [1.165, 1.54) is 6.92 Å². The van der Waals surface area contributed by atoms with Gasteiger partial charge in [0.2, 0.25) is 12.1 Å². The molecule has 1 saturated heterocycles. The molecule has 3 rings (SSSR count). The van der Waals surface area contributed by atoms with Crippen LogP contribution < -0.4 is 4.74 Å². The summed E-state index contributed by atoms with van der Waals surface area (Å²) in [7, 11) is 1.02. The predicted molar refractivity (Wildman–Crippen MR) is 103 cm³/mol. The molecule has 7 nitrogen and oxygen atoms in total. The van der Waals surface area contributed by atoms with Gasteiger partial charge in [-0.2, -0.15) is 17.6 Å². The third-order valence-corrected chi connectivity index (χ3v) is 5.81. The van der Waals surface area contributed by atoms with Crippen molar-refractivity contribution >= 4 is 11.7 Å². The number of alkyl halides is 3. The standard InChI is InChI=1S/C21H18F5NO6/c1-10-15(13-8-9-14(22)16(23)17(13)31-3)19(33-20(10,2)21(24,25)26)32-18(28)11-4-6-12(7-5-11)27(29)30/h4-10,15,19H,1-3H3/t10-,15-,19-,20+/m0/s1. The number of nitro benzene ring substituents is 1. The van der Waals surface area contributed by atoms with Crippen LogP contribution in [0.15, 0.2) is 36.4 Å². The Balaban J connectivity index is 2.03. The van der Waals surface area contributed by atoms with Gasteiger partial charge in [-0.3, -0.25) is 10.1 Å². The zero-order valence-electron chi connectivity index (χ0n) is 17.5. The predicted octanol–water partition coefficient (Wildman–Crippen LogP) is 5.14. The highest BCUT2D eigenvalue weighted by molar-refractivity contribution is 5.89. The van der Waals surface area contributed by atoms with Gasteiger partial charge in [-0.05, 0) is 25.1 Å². The molecule has 33 heavy (non-hydrogen) atoms. The van der Waals surface area contributed by atoms with Gasteiger partial charge in [-0.25, -0.2) is 9.18 Å². The maximum absolute atomic E-state index is 14.3. The monoisotopic (exact) mass is 475 g/mol. The second-order valence-corrected chi connectivity index (χ2v) is 7.60. The van der Waals surface area contributed by atoms with Crippen molar-refractivity contribution in [1.82, 2.24) is 0 Å². The summed E-state index contributed by atoms with van der Waals surface area (Å²) in [6.07, 6.45) is -6.75. The molecular weight excluding hydrogens is 457 g/mol. The average Bonchev–Trinajstić information content (AvgIpc) is 3.00. The van der Waals surface area contributed by atoms with E-state index in [1.807, 2.05) is 0 Å². The normalized spacial score (nSPS) is 25.0. The topological polar surface area (TPSA) is 87.9 Å². The summed E-state index contributed by atoms with van der Waals surface area (Å²) >= 11 is 0. The Bertz CT molecular complexity index is 1070. The quantitative estimate of drug-likeness (QED) is 0.258. The molecule has 12 heteroatoms. The Morgan fingerprint density at radius 1 is 1.15 bits per heavy atom. The number of ether oxygens (including phenoxy) is 3. The van der Waals surface area contributed by atoms with Crippen molar-refractivity contribution < 1.29 is 45.9 Å². The van der Waals surface area contributed by atoms with E-state index in [4.69, 9.17) is 14.2 Å². The maximum atomic E-state index is 14.3. The first-order valence-corrected chi connectivity index (χ1v) is 9.53. The van der Waals surface area contributed by atoms with Crippen molar-refractivity contribution in [2.24, 2.45) is 5.92 Å². The fourth-order valence-corrected chi connectivity index (χ4v) is 3.75. The number of carbonyl (C=O) groups excluding carboxylic acids is 1. The van der Waals surface area contributed by atoms with Gasteiger partial charge in [0.1, 0.15) is 0 Å². The third kappa shape index (κ3) is 4.22. The smallest absolute Gasteiger partial charge is 0.417 e. The lowest BCUT2D eigenvalue weighted by molar-refractivity contribution is -0.384. The van der Waals surface area contributed by atoms with Crippen LogP contribution in [0, 0.1) is 27.7 Å². The molecule has 1 fully saturated rings. The van der Waals surface area contributed by atoms with Crippen LogP contribution in [-0.4, -0.2) is 36.1 Å². The molecule has 0 amide bonds. The molecule has 1 aliphatic heterocycles. The van der Waals surface area contributed by atoms with E-state index >= 15 is 0 Å². The molecule has 4 atom stereocenters. The first-order valence-electron chi connectivity index (χ1n) is 9.53. The van der Waals surface area contributed by atoms with Crippen molar-refractivity contribution in [1.29, 1.82) is 0 Å². The van der Waals surface area contributed by atoms with Crippen LogP contribution in [0.25, 0.3) is 0 Å². The van der Waals surface area contributed by atoms with Crippen LogP contribution in [0.5, 0.6) is 5.75 Å². The molecule has 0 aromatic heterocycles. The minimum atomic E-state index is -4.90. The van der Waals surface area contributed by atoms with E-state index in [0.717, 1.165) is 50.4 Å². The molecule has 1 heterocycles. The summed E-state index contributed by atoms with van der Waals surface area (Å²) in [5.74, 6) is -7.25. The minimum absolute atomic E-state index is 0.182. The van der Waals surface area contributed by atoms with Crippen molar-refractivity contribution in [3.8, 4) is 5.75 Å². The summed E-state index contributed by atoms with van der Waals surface area (Å²) in [5, 5.41) is 10.8. The number of methoxy groups -OCH3 is 1. The van der Waals surface area contributed by atoms with E-state index < -0.39 is 58.2 Å². The number of rotatable bonds is 5. The molecule has 178 valence electrons. The van der Waals surface area contributed by atoms with Crippen LogP contribution >= 0.6 is 0 Å². The average molecular weight is 475 g/mol. The fraction of sp³-hybridized carbons (Fsp3) is 0.381. The van der Waals surface area contributed by atoms with E-state index in [-0.39, 0.29) is 16.8 Å². The highest BCUT2D eigenvalue weighted by Crippen LogP contribution is 2.55. The SMILES string of the molecule is COc1c([C@H]2[C@@H](OC(=O)c3ccc([N+](=O)[O-])cc3)O[C@@](C)(C(F)(F)F)[C@H]2C)ccc(F)c1F. The molecule has 0 unspecified atom stereocenters.